The van der Waals surface area contributed by atoms with Gasteiger partial charge in [0.05, 0.1) is 17.3 Å². The lowest BCUT2D eigenvalue weighted by molar-refractivity contribution is 0.260. The average Bonchev–Trinajstić information content (AvgIpc) is 3.50. The van der Waals surface area contributed by atoms with Crippen LogP contribution < -0.4 is 10.1 Å². The number of ether oxygens (including phenoxy) is 1. The summed E-state index contributed by atoms with van der Waals surface area (Å²) in [4.78, 5) is 0. The van der Waals surface area contributed by atoms with E-state index in [1.165, 1.54) is 0 Å². The summed E-state index contributed by atoms with van der Waals surface area (Å²) in [6.07, 6.45) is -0.287. The molecule has 0 saturated heterocycles. The average molecular weight is 561 g/mol. The first-order valence-electron chi connectivity index (χ1n) is 13.8. The van der Waals surface area contributed by atoms with E-state index in [-0.39, 0.29) is 6.23 Å². The maximum absolute atomic E-state index is 9.06. The summed E-state index contributed by atoms with van der Waals surface area (Å²) >= 11 is 6.12. The summed E-state index contributed by atoms with van der Waals surface area (Å²) < 4.78 is 6.44. The molecule has 0 spiro atoms. The second-order valence-electron chi connectivity index (χ2n) is 10.3. The molecule has 1 atom stereocenters. The highest BCUT2D eigenvalue weighted by atomic mass is 35.5. The number of hydrogen-bond acceptors (Lipinski definition) is 3. The van der Waals surface area contributed by atoms with Crippen LogP contribution in [0.25, 0.3) is 44.5 Å². The van der Waals surface area contributed by atoms with E-state index in [1.54, 1.807) is 0 Å². The van der Waals surface area contributed by atoms with E-state index in [4.69, 9.17) is 21.6 Å². The molecule has 1 N–H and O–H groups in total. The number of hydrogen-bond donors (Lipinski definition) is 1. The second-order valence-corrected chi connectivity index (χ2v) is 10.7. The molecule has 0 aromatic heterocycles. The molecule has 42 heavy (non-hydrogen) atoms. The van der Waals surface area contributed by atoms with Gasteiger partial charge in [-0.25, -0.2) is 0 Å². The molecule has 0 saturated carbocycles. The first-order valence-corrected chi connectivity index (χ1v) is 14.2. The van der Waals surface area contributed by atoms with E-state index in [0.717, 1.165) is 61.5 Å². The number of anilines is 1. The van der Waals surface area contributed by atoms with E-state index in [2.05, 4.69) is 96.3 Å². The molecule has 3 nitrogen and oxygen atoms in total. The molecule has 1 aliphatic heterocycles. The van der Waals surface area contributed by atoms with Crippen LogP contribution in [0.15, 0.2) is 140 Å². The Hall–Kier alpha value is -5.30. The number of nitriles is 1. The van der Waals surface area contributed by atoms with Crippen molar-refractivity contribution >= 4 is 17.3 Å². The van der Waals surface area contributed by atoms with Gasteiger partial charge in [-0.2, -0.15) is 5.26 Å². The van der Waals surface area contributed by atoms with Crippen LogP contribution in [0.5, 0.6) is 5.75 Å². The fraction of sp³-hybridized carbons (Fsp3) is 0.0263. The third kappa shape index (κ3) is 5.01. The minimum Gasteiger partial charge on any atom is -0.464 e. The molecule has 0 radical (unpaired) electrons. The first kappa shape index (κ1) is 25.7. The van der Waals surface area contributed by atoms with Gasteiger partial charge in [-0.15, -0.1) is 0 Å². The maximum atomic E-state index is 9.06. The van der Waals surface area contributed by atoms with Crippen molar-refractivity contribution in [3.63, 3.8) is 0 Å². The second kappa shape index (κ2) is 10.9. The molecular formula is C38H25ClN2O. The Morgan fingerprint density at radius 3 is 1.64 bits per heavy atom. The summed E-state index contributed by atoms with van der Waals surface area (Å²) in [5.41, 5.74) is 11.6. The Labute approximate surface area is 250 Å². The predicted octanol–water partition coefficient (Wildman–Crippen LogP) is 10.4. The minimum atomic E-state index is -0.287. The van der Waals surface area contributed by atoms with Crippen molar-refractivity contribution in [2.75, 3.05) is 5.32 Å². The monoisotopic (exact) mass is 560 g/mol. The van der Waals surface area contributed by atoms with Crippen molar-refractivity contribution in [2.45, 2.75) is 6.23 Å². The molecule has 0 amide bonds. The smallest absolute Gasteiger partial charge is 0.196 e. The van der Waals surface area contributed by atoms with Gasteiger partial charge in [0.2, 0.25) is 0 Å². The number of benzene rings is 6. The van der Waals surface area contributed by atoms with Gasteiger partial charge < -0.3 is 10.1 Å². The van der Waals surface area contributed by atoms with Crippen LogP contribution in [-0.2, 0) is 0 Å². The van der Waals surface area contributed by atoms with E-state index in [9.17, 15) is 0 Å². The summed E-state index contributed by atoms with van der Waals surface area (Å²) in [6, 6.07) is 49.5. The van der Waals surface area contributed by atoms with Crippen LogP contribution in [0.1, 0.15) is 17.4 Å². The Morgan fingerprint density at radius 2 is 1.10 bits per heavy atom. The van der Waals surface area contributed by atoms with Crippen LogP contribution >= 0.6 is 11.6 Å². The van der Waals surface area contributed by atoms with E-state index < -0.39 is 0 Å². The van der Waals surface area contributed by atoms with Crippen LogP contribution in [0.2, 0.25) is 5.02 Å². The van der Waals surface area contributed by atoms with Gasteiger partial charge in [0.25, 0.3) is 0 Å². The van der Waals surface area contributed by atoms with E-state index in [1.807, 2.05) is 54.6 Å². The number of rotatable bonds is 5. The molecule has 4 heteroatoms. The molecule has 6 aromatic rings. The zero-order valence-electron chi connectivity index (χ0n) is 22.6. The lowest BCUT2D eigenvalue weighted by Gasteiger charge is -2.12. The van der Waals surface area contributed by atoms with Crippen LogP contribution in [0.4, 0.5) is 5.69 Å². The first-order chi connectivity index (χ1) is 20.6. The fourth-order valence-electron chi connectivity index (χ4n) is 5.39. The molecule has 7 rings (SSSR count). The number of halogens is 1. The van der Waals surface area contributed by atoms with Crippen molar-refractivity contribution in [1.29, 1.82) is 5.26 Å². The SMILES string of the molecule is N#Cc1ccc(-c2ccc(-c3ccc(-c4cc5c(c(-c6ccccc6)c4)NC(c4ccc(Cl)cc4)O5)cc3)cc2)cc1. The Bertz CT molecular complexity index is 1910. The zero-order valence-corrected chi connectivity index (χ0v) is 23.3. The lowest BCUT2D eigenvalue weighted by atomic mass is 9.95. The largest absolute Gasteiger partial charge is 0.464 e. The normalized spacial score (nSPS) is 13.5. The third-order valence-electron chi connectivity index (χ3n) is 7.66. The quantitative estimate of drug-likeness (QED) is 0.228. The summed E-state index contributed by atoms with van der Waals surface area (Å²) in [6.45, 7) is 0. The molecule has 1 heterocycles. The number of nitrogens with zero attached hydrogens (tertiary/aromatic N) is 1. The molecule has 0 fully saturated rings. The van der Waals surface area contributed by atoms with Gasteiger partial charge in [-0.3, -0.25) is 0 Å². The predicted molar refractivity (Wildman–Crippen MR) is 171 cm³/mol. The highest BCUT2D eigenvalue weighted by Gasteiger charge is 2.27. The minimum absolute atomic E-state index is 0.287. The van der Waals surface area contributed by atoms with Crippen LogP contribution in [0.3, 0.4) is 0 Å². The van der Waals surface area contributed by atoms with Gasteiger partial charge in [-0.05, 0) is 75.3 Å². The summed E-state index contributed by atoms with van der Waals surface area (Å²) in [7, 11) is 0. The Morgan fingerprint density at radius 1 is 0.571 bits per heavy atom. The number of nitrogens with one attached hydrogen (secondary N) is 1. The zero-order chi connectivity index (χ0) is 28.5. The van der Waals surface area contributed by atoms with E-state index >= 15 is 0 Å². The maximum Gasteiger partial charge on any atom is 0.196 e. The molecule has 0 bridgehead atoms. The highest BCUT2D eigenvalue weighted by molar-refractivity contribution is 6.30. The van der Waals surface area contributed by atoms with Crippen molar-refractivity contribution in [3.05, 3.63) is 156 Å². The molecule has 1 aliphatic rings. The molecule has 1 unspecified atom stereocenters. The Kier molecular flexibility index (Phi) is 6.68. The van der Waals surface area contributed by atoms with Crippen molar-refractivity contribution < 1.29 is 4.74 Å². The highest BCUT2D eigenvalue weighted by Crippen LogP contribution is 2.47. The van der Waals surface area contributed by atoms with Crippen LogP contribution in [-0.4, -0.2) is 0 Å². The van der Waals surface area contributed by atoms with Crippen molar-refractivity contribution in [2.24, 2.45) is 0 Å². The molecule has 0 aliphatic carbocycles. The van der Waals surface area contributed by atoms with Gasteiger partial charge in [-0.1, -0.05) is 115 Å². The van der Waals surface area contributed by atoms with E-state index in [0.29, 0.717) is 10.6 Å². The topological polar surface area (TPSA) is 45.0 Å². The van der Waals surface area contributed by atoms with Gasteiger partial charge in [0.15, 0.2) is 6.23 Å². The van der Waals surface area contributed by atoms with Gasteiger partial charge >= 0.3 is 0 Å². The standard InChI is InChI=1S/C38H25ClN2O/c39-34-20-18-32(19-21-34)38-41-37-35(31-4-2-1-3-5-31)22-33(23-36(37)42-38)30-16-14-29(15-17-30)28-12-10-27(11-13-28)26-8-6-25(24-40)7-9-26/h1-23,38,41H. The van der Waals surface area contributed by atoms with Crippen molar-refractivity contribution in [1.82, 2.24) is 0 Å². The van der Waals surface area contributed by atoms with Crippen LogP contribution in [0, 0.1) is 11.3 Å². The number of fused-ring (bicyclic) bond motifs is 1. The summed E-state index contributed by atoms with van der Waals surface area (Å²) in [5, 5.41) is 13.3. The third-order valence-corrected chi connectivity index (χ3v) is 7.92. The summed E-state index contributed by atoms with van der Waals surface area (Å²) in [5.74, 6) is 0.828. The molecular weight excluding hydrogens is 536 g/mol. The fourth-order valence-corrected chi connectivity index (χ4v) is 5.52. The molecule has 200 valence electrons. The van der Waals surface area contributed by atoms with Gasteiger partial charge in [0, 0.05) is 16.1 Å². The molecule has 6 aromatic carbocycles. The lowest BCUT2D eigenvalue weighted by Crippen LogP contribution is -2.09. The Balaban J connectivity index is 1.19. The van der Waals surface area contributed by atoms with Crippen molar-refractivity contribution in [3.8, 4) is 56.3 Å². The van der Waals surface area contributed by atoms with Gasteiger partial charge in [0.1, 0.15) is 5.75 Å².